The minimum Gasteiger partial charge on any atom is -0.490 e. The highest BCUT2D eigenvalue weighted by Crippen LogP contribution is 2.30. The molecule has 6 heteroatoms. The number of ether oxygens (including phenoxy) is 2. The lowest BCUT2D eigenvalue weighted by Crippen LogP contribution is -2.40. The van der Waals surface area contributed by atoms with Crippen molar-refractivity contribution >= 4 is 18.0 Å². The molecule has 1 heterocycles. The second-order valence-corrected chi connectivity index (χ2v) is 6.97. The summed E-state index contributed by atoms with van der Waals surface area (Å²) in [5.41, 5.74) is 1.41. The van der Waals surface area contributed by atoms with Crippen LogP contribution in [0.3, 0.4) is 0 Å². The number of carbonyl (C=O) groups is 2. The summed E-state index contributed by atoms with van der Waals surface area (Å²) in [5, 5.41) is 9.03. The van der Waals surface area contributed by atoms with E-state index >= 15 is 0 Å². The minimum atomic E-state index is -0.340. The normalized spacial score (nSPS) is 14.3. The Morgan fingerprint density at radius 3 is 2.53 bits per heavy atom. The van der Waals surface area contributed by atoms with E-state index in [1.807, 2.05) is 43.3 Å². The largest absolute Gasteiger partial charge is 0.490 e. The Kier molecular flexibility index (Phi) is 7.23. The molecule has 0 saturated carbocycles. The van der Waals surface area contributed by atoms with E-state index in [0.717, 1.165) is 5.56 Å². The van der Waals surface area contributed by atoms with Crippen molar-refractivity contribution in [3.63, 3.8) is 0 Å². The highest BCUT2D eigenvalue weighted by Gasteiger charge is 2.28. The molecule has 0 bridgehead atoms. The predicted molar refractivity (Wildman–Crippen MR) is 113 cm³/mol. The molecule has 0 N–H and O–H groups in total. The molecule has 2 aromatic carbocycles. The summed E-state index contributed by atoms with van der Waals surface area (Å²) in [6.07, 6.45) is 4.45. The van der Waals surface area contributed by atoms with Gasteiger partial charge in [-0.05, 0) is 43.5 Å². The van der Waals surface area contributed by atoms with Gasteiger partial charge in [0.05, 0.1) is 24.2 Å². The quantitative estimate of drug-likeness (QED) is 0.415. The smallest absolute Gasteiger partial charge is 0.314 e. The molecule has 154 valence electrons. The Balaban J connectivity index is 1.55. The van der Waals surface area contributed by atoms with Gasteiger partial charge >= 0.3 is 5.97 Å². The number of hydrogen-bond acceptors (Lipinski definition) is 5. The van der Waals surface area contributed by atoms with Gasteiger partial charge in [0.25, 0.3) is 0 Å². The first kappa shape index (κ1) is 21.1. The van der Waals surface area contributed by atoms with Crippen LogP contribution in [0.15, 0.2) is 54.6 Å². The minimum absolute atomic E-state index is 0.0589. The molecule has 0 atom stereocenters. The van der Waals surface area contributed by atoms with Gasteiger partial charge in [-0.2, -0.15) is 5.26 Å². The zero-order valence-corrected chi connectivity index (χ0v) is 16.9. The zero-order chi connectivity index (χ0) is 21.3. The van der Waals surface area contributed by atoms with Crippen LogP contribution in [-0.2, 0) is 9.59 Å². The van der Waals surface area contributed by atoms with Crippen molar-refractivity contribution in [1.29, 1.82) is 5.26 Å². The van der Waals surface area contributed by atoms with Crippen LogP contribution in [0, 0.1) is 17.2 Å². The number of nitriles is 1. The molecule has 1 aliphatic heterocycles. The average molecular weight is 404 g/mol. The number of piperidine rings is 1. The average Bonchev–Trinajstić information content (AvgIpc) is 2.79. The van der Waals surface area contributed by atoms with Gasteiger partial charge in [-0.3, -0.25) is 9.59 Å². The maximum atomic E-state index is 12.6. The van der Waals surface area contributed by atoms with Gasteiger partial charge in [0.15, 0.2) is 11.5 Å². The zero-order valence-electron chi connectivity index (χ0n) is 16.9. The maximum absolute atomic E-state index is 12.6. The van der Waals surface area contributed by atoms with Crippen LogP contribution in [0.2, 0.25) is 0 Å². The Morgan fingerprint density at radius 2 is 1.87 bits per heavy atom. The molecular weight excluding hydrogens is 380 g/mol. The third-order valence-electron chi connectivity index (χ3n) is 4.94. The topological polar surface area (TPSA) is 79.6 Å². The first-order valence-electron chi connectivity index (χ1n) is 10.0. The standard InChI is InChI=1S/C24H24N2O4/c1-2-29-22-16-19(17-25)8-10-21(22)30-24(28)20-12-14-26(15-13-20)23(27)11-9-18-6-4-3-5-7-18/h3-11,16,20H,2,12-15H2,1H3/b11-9+. The molecule has 1 saturated heterocycles. The fraction of sp³-hybridized carbons (Fsp3) is 0.292. The molecule has 0 spiro atoms. The summed E-state index contributed by atoms with van der Waals surface area (Å²) in [5.74, 6) is 0.00923. The van der Waals surface area contributed by atoms with Crippen LogP contribution < -0.4 is 9.47 Å². The fourth-order valence-corrected chi connectivity index (χ4v) is 3.29. The van der Waals surface area contributed by atoms with Gasteiger partial charge in [0.1, 0.15) is 0 Å². The van der Waals surface area contributed by atoms with Gasteiger partial charge < -0.3 is 14.4 Å². The van der Waals surface area contributed by atoms with Crippen LogP contribution >= 0.6 is 0 Å². The van der Waals surface area contributed by atoms with Crippen molar-refractivity contribution in [1.82, 2.24) is 4.90 Å². The maximum Gasteiger partial charge on any atom is 0.314 e. The van der Waals surface area contributed by atoms with E-state index in [0.29, 0.717) is 49.6 Å². The highest BCUT2D eigenvalue weighted by atomic mass is 16.6. The second kappa shape index (κ2) is 10.3. The lowest BCUT2D eigenvalue weighted by atomic mass is 9.97. The number of carbonyl (C=O) groups excluding carboxylic acids is 2. The summed E-state index contributed by atoms with van der Waals surface area (Å²) in [4.78, 5) is 26.7. The molecule has 0 aliphatic carbocycles. The first-order chi connectivity index (χ1) is 14.6. The van der Waals surface area contributed by atoms with Crippen molar-refractivity contribution in [2.24, 2.45) is 5.92 Å². The number of hydrogen-bond donors (Lipinski definition) is 0. The van der Waals surface area contributed by atoms with Crippen LogP contribution in [0.5, 0.6) is 11.5 Å². The molecule has 30 heavy (non-hydrogen) atoms. The van der Waals surface area contributed by atoms with Crippen molar-refractivity contribution < 1.29 is 19.1 Å². The Labute approximate surface area is 176 Å². The molecule has 0 aromatic heterocycles. The molecule has 0 unspecified atom stereocenters. The number of benzene rings is 2. The monoisotopic (exact) mass is 404 g/mol. The predicted octanol–water partition coefficient (Wildman–Crippen LogP) is 3.81. The van der Waals surface area contributed by atoms with Crippen molar-refractivity contribution in [3.05, 3.63) is 65.7 Å². The third kappa shape index (κ3) is 5.48. The van der Waals surface area contributed by atoms with E-state index in [1.54, 1.807) is 35.3 Å². The SMILES string of the molecule is CCOc1cc(C#N)ccc1OC(=O)C1CCN(C(=O)/C=C/c2ccccc2)CC1. The fourth-order valence-electron chi connectivity index (χ4n) is 3.29. The van der Waals surface area contributed by atoms with Crippen molar-refractivity contribution in [2.45, 2.75) is 19.8 Å². The molecule has 1 aliphatic rings. The summed E-state index contributed by atoms with van der Waals surface area (Å²) < 4.78 is 11.0. The second-order valence-electron chi connectivity index (χ2n) is 6.97. The summed E-state index contributed by atoms with van der Waals surface area (Å²) in [6.45, 7) is 3.23. The van der Waals surface area contributed by atoms with Gasteiger partial charge in [0, 0.05) is 25.2 Å². The molecule has 1 amide bonds. The molecule has 2 aromatic rings. The van der Waals surface area contributed by atoms with E-state index in [2.05, 4.69) is 0 Å². The van der Waals surface area contributed by atoms with Crippen molar-refractivity contribution in [3.8, 4) is 17.6 Å². The van der Waals surface area contributed by atoms with E-state index in [4.69, 9.17) is 14.7 Å². The van der Waals surface area contributed by atoms with Gasteiger partial charge in [0.2, 0.25) is 5.91 Å². The molecule has 1 fully saturated rings. The summed E-state index contributed by atoms with van der Waals surface area (Å²) in [7, 11) is 0. The van der Waals surface area contributed by atoms with E-state index in [-0.39, 0.29) is 17.8 Å². The summed E-state index contributed by atoms with van der Waals surface area (Å²) >= 11 is 0. The number of likely N-dealkylation sites (tertiary alicyclic amines) is 1. The first-order valence-corrected chi connectivity index (χ1v) is 10.0. The Hall–Kier alpha value is -3.59. The van der Waals surface area contributed by atoms with Crippen LogP contribution in [0.4, 0.5) is 0 Å². The molecule has 0 radical (unpaired) electrons. The van der Waals surface area contributed by atoms with Crippen LogP contribution in [-0.4, -0.2) is 36.5 Å². The molecule has 6 nitrogen and oxygen atoms in total. The van der Waals surface area contributed by atoms with E-state index in [9.17, 15) is 9.59 Å². The summed E-state index contributed by atoms with van der Waals surface area (Å²) in [6, 6.07) is 16.4. The van der Waals surface area contributed by atoms with Crippen LogP contribution in [0.25, 0.3) is 6.08 Å². The van der Waals surface area contributed by atoms with E-state index < -0.39 is 0 Å². The third-order valence-corrected chi connectivity index (χ3v) is 4.94. The number of esters is 1. The Bertz CT molecular complexity index is 955. The Morgan fingerprint density at radius 1 is 1.13 bits per heavy atom. The van der Waals surface area contributed by atoms with Crippen LogP contribution in [0.1, 0.15) is 30.9 Å². The lowest BCUT2D eigenvalue weighted by molar-refractivity contribution is -0.142. The molecular formula is C24H24N2O4. The van der Waals surface area contributed by atoms with Gasteiger partial charge in [-0.15, -0.1) is 0 Å². The number of nitrogens with zero attached hydrogens (tertiary/aromatic N) is 2. The highest BCUT2D eigenvalue weighted by molar-refractivity contribution is 5.92. The number of rotatable bonds is 6. The van der Waals surface area contributed by atoms with Crippen molar-refractivity contribution in [2.75, 3.05) is 19.7 Å². The molecule has 3 rings (SSSR count). The lowest BCUT2D eigenvalue weighted by Gasteiger charge is -2.30. The van der Waals surface area contributed by atoms with E-state index in [1.165, 1.54) is 0 Å². The number of amides is 1. The van der Waals surface area contributed by atoms with Gasteiger partial charge in [-0.1, -0.05) is 30.3 Å². The van der Waals surface area contributed by atoms with Gasteiger partial charge in [-0.25, -0.2) is 0 Å².